The van der Waals surface area contributed by atoms with E-state index in [1.807, 2.05) is 6.07 Å². The van der Waals surface area contributed by atoms with Crippen molar-refractivity contribution in [3.8, 4) is 5.75 Å². The van der Waals surface area contributed by atoms with Crippen LogP contribution in [0.5, 0.6) is 5.75 Å². The Kier molecular flexibility index (Phi) is 5.52. The lowest BCUT2D eigenvalue weighted by Crippen LogP contribution is -2.34. The Balaban J connectivity index is 2.04. The van der Waals surface area contributed by atoms with Crippen LogP contribution in [0.2, 0.25) is 0 Å². The van der Waals surface area contributed by atoms with Crippen molar-refractivity contribution in [2.45, 2.75) is 32.1 Å². The van der Waals surface area contributed by atoms with Crippen LogP contribution in [0.1, 0.15) is 32.1 Å². The number of ether oxygens (including phenoxy) is 1. The molecule has 0 bridgehead atoms. The van der Waals surface area contributed by atoms with Crippen LogP contribution < -0.4 is 15.4 Å². The molecule has 0 spiro atoms. The van der Waals surface area contributed by atoms with E-state index in [0.717, 1.165) is 24.8 Å². The predicted molar refractivity (Wildman–Crippen MR) is 80.8 cm³/mol. The molecule has 1 fully saturated rings. The Labute approximate surface area is 116 Å². The van der Waals surface area contributed by atoms with Crippen molar-refractivity contribution >= 4 is 5.69 Å². The number of anilines is 1. The molecule has 3 nitrogen and oxygen atoms in total. The minimum Gasteiger partial charge on any atom is -0.497 e. The van der Waals surface area contributed by atoms with Crippen LogP contribution in [0.25, 0.3) is 0 Å². The molecule has 0 heterocycles. The van der Waals surface area contributed by atoms with E-state index in [-0.39, 0.29) is 0 Å². The second-order valence-electron chi connectivity index (χ2n) is 5.44. The fourth-order valence-corrected chi connectivity index (χ4v) is 2.97. The molecule has 2 N–H and O–H groups in total. The molecule has 0 saturated heterocycles. The lowest BCUT2D eigenvalue weighted by Gasteiger charge is -2.31. The number of nitrogens with zero attached hydrogens (tertiary/aromatic N) is 1. The predicted octanol–water partition coefficient (Wildman–Crippen LogP) is 3.04. The number of hydrogen-bond donors (Lipinski definition) is 1. The minimum absolute atomic E-state index is 0.698. The fraction of sp³-hybridized carbons (Fsp3) is 0.625. The van der Waals surface area contributed by atoms with Crippen molar-refractivity contribution in [3.05, 3.63) is 24.3 Å². The van der Waals surface area contributed by atoms with Crippen LogP contribution in [0.15, 0.2) is 24.3 Å². The molecule has 0 unspecified atom stereocenters. The molecule has 1 aliphatic rings. The maximum Gasteiger partial charge on any atom is 0.120 e. The van der Waals surface area contributed by atoms with E-state index in [0.29, 0.717) is 6.54 Å². The summed E-state index contributed by atoms with van der Waals surface area (Å²) < 4.78 is 5.32. The molecule has 3 heteroatoms. The van der Waals surface area contributed by atoms with Gasteiger partial charge in [-0.15, -0.1) is 0 Å². The second kappa shape index (κ2) is 7.39. The summed E-state index contributed by atoms with van der Waals surface area (Å²) in [5, 5.41) is 0. The number of rotatable bonds is 6. The first-order valence-electron chi connectivity index (χ1n) is 7.42. The van der Waals surface area contributed by atoms with Gasteiger partial charge in [-0.2, -0.15) is 0 Å². The van der Waals surface area contributed by atoms with E-state index in [4.69, 9.17) is 10.5 Å². The Bertz CT molecular complexity index is 375. The van der Waals surface area contributed by atoms with E-state index < -0.39 is 0 Å². The van der Waals surface area contributed by atoms with Gasteiger partial charge in [-0.3, -0.25) is 0 Å². The number of methoxy groups -OCH3 is 1. The highest BCUT2D eigenvalue weighted by molar-refractivity contribution is 5.50. The van der Waals surface area contributed by atoms with E-state index in [9.17, 15) is 0 Å². The third-order valence-corrected chi connectivity index (χ3v) is 4.02. The van der Waals surface area contributed by atoms with Crippen molar-refractivity contribution in [1.82, 2.24) is 0 Å². The molecule has 0 aliphatic heterocycles. The Morgan fingerprint density at radius 3 is 2.74 bits per heavy atom. The average Bonchev–Trinajstić information content (AvgIpc) is 2.48. The monoisotopic (exact) mass is 262 g/mol. The van der Waals surface area contributed by atoms with E-state index in [2.05, 4.69) is 23.1 Å². The van der Waals surface area contributed by atoms with Gasteiger partial charge in [0.15, 0.2) is 0 Å². The Morgan fingerprint density at radius 1 is 1.26 bits per heavy atom. The van der Waals surface area contributed by atoms with Gasteiger partial charge >= 0.3 is 0 Å². The van der Waals surface area contributed by atoms with Crippen LogP contribution in [0.3, 0.4) is 0 Å². The van der Waals surface area contributed by atoms with Gasteiger partial charge in [-0.1, -0.05) is 25.3 Å². The van der Waals surface area contributed by atoms with Gasteiger partial charge in [0, 0.05) is 31.4 Å². The molecule has 0 atom stereocenters. The van der Waals surface area contributed by atoms with Gasteiger partial charge in [0.2, 0.25) is 0 Å². The first-order valence-corrected chi connectivity index (χ1v) is 7.42. The van der Waals surface area contributed by atoms with Gasteiger partial charge < -0.3 is 15.4 Å². The van der Waals surface area contributed by atoms with Crippen LogP contribution in [-0.4, -0.2) is 26.7 Å². The lowest BCUT2D eigenvalue weighted by molar-refractivity contribution is 0.358. The van der Waals surface area contributed by atoms with Gasteiger partial charge in [0.25, 0.3) is 0 Å². The van der Waals surface area contributed by atoms with Crippen molar-refractivity contribution in [2.24, 2.45) is 11.7 Å². The second-order valence-corrected chi connectivity index (χ2v) is 5.44. The summed E-state index contributed by atoms with van der Waals surface area (Å²) in [7, 11) is 1.72. The molecule has 0 amide bonds. The van der Waals surface area contributed by atoms with Crippen molar-refractivity contribution in [2.75, 3.05) is 31.6 Å². The standard InChI is InChI=1S/C16H26N2O/c1-19-16-9-5-8-15(12-16)18(11-10-17)13-14-6-3-2-4-7-14/h5,8-9,12,14H,2-4,6-7,10-11,13,17H2,1H3. The fourth-order valence-electron chi connectivity index (χ4n) is 2.97. The summed E-state index contributed by atoms with van der Waals surface area (Å²) in [5.74, 6) is 1.75. The summed E-state index contributed by atoms with van der Waals surface area (Å²) in [6, 6.07) is 8.31. The van der Waals surface area contributed by atoms with Crippen molar-refractivity contribution in [3.63, 3.8) is 0 Å². The lowest BCUT2D eigenvalue weighted by atomic mass is 9.89. The number of hydrogen-bond acceptors (Lipinski definition) is 3. The molecular formula is C16H26N2O. The highest BCUT2D eigenvalue weighted by atomic mass is 16.5. The van der Waals surface area contributed by atoms with Gasteiger partial charge in [0.1, 0.15) is 5.75 Å². The average molecular weight is 262 g/mol. The van der Waals surface area contributed by atoms with Crippen molar-refractivity contribution in [1.29, 1.82) is 0 Å². The van der Waals surface area contributed by atoms with E-state index in [1.54, 1.807) is 7.11 Å². The molecule has 1 aromatic rings. The zero-order valence-corrected chi connectivity index (χ0v) is 12.0. The normalized spacial score (nSPS) is 16.3. The van der Waals surface area contributed by atoms with E-state index >= 15 is 0 Å². The summed E-state index contributed by atoms with van der Waals surface area (Å²) in [4.78, 5) is 2.42. The third kappa shape index (κ3) is 4.13. The summed E-state index contributed by atoms with van der Waals surface area (Å²) in [6.07, 6.45) is 6.92. The Morgan fingerprint density at radius 2 is 2.05 bits per heavy atom. The van der Waals surface area contributed by atoms with E-state index in [1.165, 1.54) is 37.8 Å². The van der Waals surface area contributed by atoms with Crippen LogP contribution in [-0.2, 0) is 0 Å². The van der Waals surface area contributed by atoms with Gasteiger partial charge in [-0.25, -0.2) is 0 Å². The topological polar surface area (TPSA) is 38.5 Å². The zero-order chi connectivity index (χ0) is 13.5. The molecule has 0 radical (unpaired) electrons. The molecule has 1 aromatic carbocycles. The van der Waals surface area contributed by atoms with Crippen LogP contribution in [0, 0.1) is 5.92 Å². The quantitative estimate of drug-likeness (QED) is 0.856. The minimum atomic E-state index is 0.698. The van der Waals surface area contributed by atoms with Crippen molar-refractivity contribution < 1.29 is 4.74 Å². The Hall–Kier alpha value is -1.22. The number of benzene rings is 1. The third-order valence-electron chi connectivity index (χ3n) is 4.02. The summed E-state index contributed by atoms with van der Waals surface area (Å²) in [5.41, 5.74) is 7.00. The smallest absolute Gasteiger partial charge is 0.120 e. The van der Waals surface area contributed by atoms with Gasteiger partial charge in [-0.05, 0) is 30.9 Å². The largest absolute Gasteiger partial charge is 0.497 e. The maximum atomic E-state index is 5.77. The first kappa shape index (κ1) is 14.2. The highest BCUT2D eigenvalue weighted by Crippen LogP contribution is 2.27. The summed E-state index contributed by atoms with van der Waals surface area (Å²) in [6.45, 7) is 2.75. The molecule has 1 saturated carbocycles. The molecule has 19 heavy (non-hydrogen) atoms. The molecular weight excluding hydrogens is 236 g/mol. The SMILES string of the molecule is COc1cccc(N(CCN)CC2CCCCC2)c1. The molecule has 2 rings (SSSR count). The molecule has 0 aromatic heterocycles. The first-order chi connectivity index (χ1) is 9.33. The number of nitrogens with two attached hydrogens (primary N) is 1. The van der Waals surface area contributed by atoms with Crippen LogP contribution in [0.4, 0.5) is 5.69 Å². The van der Waals surface area contributed by atoms with Crippen LogP contribution >= 0.6 is 0 Å². The highest BCUT2D eigenvalue weighted by Gasteiger charge is 2.17. The maximum absolute atomic E-state index is 5.77. The summed E-state index contributed by atoms with van der Waals surface area (Å²) >= 11 is 0. The molecule has 1 aliphatic carbocycles. The molecule has 106 valence electrons. The van der Waals surface area contributed by atoms with Gasteiger partial charge in [0.05, 0.1) is 7.11 Å². The zero-order valence-electron chi connectivity index (χ0n) is 12.0.